The van der Waals surface area contributed by atoms with Crippen LogP contribution in [0.5, 0.6) is 5.88 Å². The quantitative estimate of drug-likeness (QED) is 0.564. The lowest BCUT2D eigenvalue weighted by atomic mass is 10.0. The number of Topliss-reactive ketones (excluding diaryl/α,β-unsaturated/α-hetero) is 1. The summed E-state index contributed by atoms with van der Waals surface area (Å²) in [6, 6.07) is 6.44. The van der Waals surface area contributed by atoms with Crippen LogP contribution in [0.3, 0.4) is 0 Å². The van der Waals surface area contributed by atoms with Crippen LogP contribution in [0, 0.1) is 0 Å². The normalized spacial score (nSPS) is 16.4. The van der Waals surface area contributed by atoms with E-state index in [-0.39, 0.29) is 24.1 Å². The molecule has 0 bridgehead atoms. The van der Waals surface area contributed by atoms with Crippen molar-refractivity contribution in [3.05, 3.63) is 47.3 Å². The molecule has 8 nitrogen and oxygen atoms in total. The van der Waals surface area contributed by atoms with Gasteiger partial charge in [-0.05, 0) is 49.8 Å². The maximum absolute atomic E-state index is 13.1. The van der Waals surface area contributed by atoms with Gasteiger partial charge in [-0.1, -0.05) is 12.1 Å². The van der Waals surface area contributed by atoms with Gasteiger partial charge in [-0.2, -0.15) is 8.78 Å². The number of nitrogens with one attached hydrogen (secondary N) is 1. The molecule has 34 heavy (non-hydrogen) atoms. The van der Waals surface area contributed by atoms with E-state index >= 15 is 0 Å². The smallest absolute Gasteiger partial charge is 0.388 e. The Bertz CT molecular complexity index is 1020. The summed E-state index contributed by atoms with van der Waals surface area (Å²) in [6.45, 7) is 1.08. The summed E-state index contributed by atoms with van der Waals surface area (Å²) in [5.74, 6) is 0.690. The van der Waals surface area contributed by atoms with E-state index < -0.39 is 12.7 Å². The molecule has 2 amide bonds. The average molecular weight is 474 g/mol. The summed E-state index contributed by atoms with van der Waals surface area (Å²) in [4.78, 5) is 37.1. The first-order valence-corrected chi connectivity index (χ1v) is 11.6. The number of pyridine rings is 2. The van der Waals surface area contributed by atoms with Crippen LogP contribution in [0.4, 0.5) is 19.4 Å². The van der Waals surface area contributed by atoms with Crippen molar-refractivity contribution in [3.8, 4) is 5.88 Å². The Kier molecular flexibility index (Phi) is 7.54. The van der Waals surface area contributed by atoms with Crippen molar-refractivity contribution in [2.45, 2.75) is 51.7 Å². The predicted octanol–water partition coefficient (Wildman–Crippen LogP) is 3.83. The minimum Gasteiger partial charge on any atom is -0.417 e. The minimum absolute atomic E-state index is 0.0729. The van der Waals surface area contributed by atoms with Gasteiger partial charge in [-0.25, -0.2) is 14.8 Å². The van der Waals surface area contributed by atoms with E-state index in [4.69, 9.17) is 4.98 Å². The van der Waals surface area contributed by atoms with Gasteiger partial charge < -0.3 is 19.9 Å². The highest BCUT2D eigenvalue weighted by Gasteiger charge is 2.35. The van der Waals surface area contributed by atoms with Gasteiger partial charge in [0.1, 0.15) is 11.6 Å². The number of rotatable bonds is 10. The van der Waals surface area contributed by atoms with Gasteiger partial charge >= 0.3 is 12.6 Å². The van der Waals surface area contributed by atoms with E-state index in [0.717, 1.165) is 43.7 Å². The number of hydrogen-bond donors (Lipinski definition) is 1. The summed E-state index contributed by atoms with van der Waals surface area (Å²) in [5, 5.41) is 3.34. The second-order valence-electron chi connectivity index (χ2n) is 8.64. The number of aromatic nitrogens is 2. The molecule has 0 unspecified atom stereocenters. The summed E-state index contributed by atoms with van der Waals surface area (Å²) in [7, 11) is 0. The molecule has 2 aromatic heterocycles. The number of halogens is 2. The monoisotopic (exact) mass is 473 g/mol. The average Bonchev–Trinajstić information content (AvgIpc) is 3.17. The molecule has 1 saturated heterocycles. The SMILES string of the molecule is CC(=O)C[C@@H](c1ccc(OC(F)F)nc1)N1CCN(CCCc2ccc3c(n2)NCCC3)C1=O. The van der Waals surface area contributed by atoms with Crippen molar-refractivity contribution in [2.75, 3.05) is 31.5 Å². The number of alkyl halides is 2. The Morgan fingerprint density at radius 1 is 1.24 bits per heavy atom. The fourth-order valence-corrected chi connectivity index (χ4v) is 4.49. The van der Waals surface area contributed by atoms with Gasteiger partial charge in [0.2, 0.25) is 5.88 Å². The van der Waals surface area contributed by atoms with Crippen LogP contribution in [0.15, 0.2) is 30.5 Å². The predicted molar refractivity (Wildman–Crippen MR) is 122 cm³/mol. The number of carbonyl (C=O) groups is 2. The van der Waals surface area contributed by atoms with Gasteiger partial charge in [0.15, 0.2) is 0 Å². The third-order valence-corrected chi connectivity index (χ3v) is 6.15. The second kappa shape index (κ2) is 10.8. The zero-order chi connectivity index (χ0) is 24.1. The lowest BCUT2D eigenvalue weighted by molar-refractivity contribution is -0.118. The molecule has 4 heterocycles. The van der Waals surface area contributed by atoms with Crippen LogP contribution in [-0.2, 0) is 17.6 Å². The van der Waals surface area contributed by atoms with Crippen molar-refractivity contribution in [3.63, 3.8) is 0 Å². The van der Waals surface area contributed by atoms with Gasteiger partial charge in [0, 0.05) is 50.6 Å². The molecule has 0 saturated carbocycles. The molecule has 1 atom stereocenters. The number of ketones is 1. The third-order valence-electron chi connectivity index (χ3n) is 6.15. The van der Waals surface area contributed by atoms with E-state index in [2.05, 4.69) is 27.2 Å². The van der Waals surface area contributed by atoms with Gasteiger partial charge in [0.05, 0.1) is 6.04 Å². The fraction of sp³-hybridized carbons (Fsp3) is 0.500. The van der Waals surface area contributed by atoms with Crippen LogP contribution in [-0.4, -0.2) is 64.4 Å². The van der Waals surface area contributed by atoms with Crippen molar-refractivity contribution in [1.29, 1.82) is 0 Å². The topological polar surface area (TPSA) is 87.7 Å². The Morgan fingerprint density at radius 2 is 2.09 bits per heavy atom. The maximum Gasteiger partial charge on any atom is 0.388 e. The van der Waals surface area contributed by atoms with Gasteiger partial charge in [-0.15, -0.1) is 0 Å². The highest BCUT2D eigenvalue weighted by atomic mass is 19.3. The lowest BCUT2D eigenvalue weighted by Crippen LogP contribution is -2.36. The molecule has 1 fully saturated rings. The van der Waals surface area contributed by atoms with E-state index in [1.165, 1.54) is 24.8 Å². The first kappa shape index (κ1) is 23.8. The first-order chi connectivity index (χ1) is 16.4. The summed E-state index contributed by atoms with van der Waals surface area (Å²) >= 11 is 0. The van der Waals surface area contributed by atoms with Crippen molar-refractivity contribution in [1.82, 2.24) is 19.8 Å². The summed E-state index contributed by atoms with van der Waals surface area (Å²) < 4.78 is 29.1. The Labute approximate surface area is 197 Å². The Balaban J connectivity index is 1.36. The molecule has 10 heteroatoms. The highest BCUT2D eigenvalue weighted by Crippen LogP contribution is 2.29. The van der Waals surface area contributed by atoms with Crippen LogP contribution in [0.25, 0.3) is 0 Å². The van der Waals surface area contributed by atoms with Crippen LogP contribution in [0.2, 0.25) is 0 Å². The van der Waals surface area contributed by atoms with E-state index in [1.807, 2.05) is 0 Å². The molecule has 0 radical (unpaired) electrons. The van der Waals surface area contributed by atoms with Gasteiger partial charge in [-0.3, -0.25) is 4.79 Å². The molecule has 0 aromatic carbocycles. The zero-order valence-electron chi connectivity index (χ0n) is 19.2. The van der Waals surface area contributed by atoms with E-state index in [9.17, 15) is 18.4 Å². The standard InChI is InChI=1S/C24H29F2N5O3/c1-16(32)14-20(18-7-9-21(28-15-18)34-23(25)26)31-13-12-30(24(31)33)11-3-5-19-8-6-17-4-2-10-27-22(17)29-19/h6-9,15,20,23H,2-5,10-14H2,1H3,(H,27,29)/t20-/m0/s1. The molecule has 2 aromatic rings. The number of amides is 2. The van der Waals surface area contributed by atoms with Gasteiger partial charge in [0.25, 0.3) is 0 Å². The molecule has 1 N–H and O–H groups in total. The number of nitrogens with zero attached hydrogens (tertiary/aromatic N) is 4. The van der Waals surface area contributed by atoms with Crippen LogP contribution in [0.1, 0.15) is 49.0 Å². The molecule has 182 valence electrons. The highest BCUT2D eigenvalue weighted by molar-refractivity contribution is 5.80. The molecule has 4 rings (SSSR count). The second-order valence-corrected chi connectivity index (χ2v) is 8.64. The molecular weight excluding hydrogens is 444 g/mol. The number of hydrogen-bond acceptors (Lipinski definition) is 6. The van der Waals surface area contributed by atoms with Crippen LogP contribution >= 0.6 is 0 Å². The Hall–Kier alpha value is -3.30. The lowest BCUT2D eigenvalue weighted by Gasteiger charge is -2.27. The number of carbonyl (C=O) groups excluding carboxylic acids is 2. The molecule has 2 aliphatic heterocycles. The maximum atomic E-state index is 13.1. The summed E-state index contributed by atoms with van der Waals surface area (Å²) in [5.41, 5.74) is 2.86. The van der Waals surface area contributed by atoms with Crippen LogP contribution < -0.4 is 10.1 Å². The number of fused-ring (bicyclic) bond motifs is 1. The molecule has 0 spiro atoms. The number of urea groups is 1. The largest absolute Gasteiger partial charge is 0.417 e. The number of ether oxygens (including phenoxy) is 1. The van der Waals surface area contributed by atoms with Crippen molar-refractivity contribution >= 4 is 17.6 Å². The minimum atomic E-state index is -2.96. The number of anilines is 1. The first-order valence-electron chi connectivity index (χ1n) is 11.6. The van der Waals surface area contributed by atoms with Crippen molar-refractivity contribution < 1.29 is 23.1 Å². The fourth-order valence-electron chi connectivity index (χ4n) is 4.49. The van der Waals surface area contributed by atoms with E-state index in [1.54, 1.807) is 15.9 Å². The molecular formula is C24H29F2N5O3. The molecule has 2 aliphatic rings. The zero-order valence-corrected chi connectivity index (χ0v) is 19.2. The van der Waals surface area contributed by atoms with E-state index in [0.29, 0.717) is 25.2 Å². The number of aryl methyl sites for hydroxylation is 2. The molecule has 0 aliphatic carbocycles. The third kappa shape index (κ3) is 5.78. The van der Waals surface area contributed by atoms with Crippen molar-refractivity contribution in [2.24, 2.45) is 0 Å². The summed E-state index contributed by atoms with van der Waals surface area (Å²) in [6.07, 6.45) is 5.23. The Morgan fingerprint density at radius 3 is 2.82 bits per heavy atom.